The lowest BCUT2D eigenvalue weighted by atomic mass is 10.2. The molecule has 0 aromatic rings. The molecule has 0 spiro atoms. The molecular formula is C32H61N3O9. The number of amides is 2. The van der Waals surface area contributed by atoms with E-state index in [1.165, 1.54) is 0 Å². The number of alkyl carbamates (subject to hydrolysis) is 2. The Labute approximate surface area is 265 Å². The summed E-state index contributed by atoms with van der Waals surface area (Å²) in [6.07, 6.45) is 8.65. The molecule has 258 valence electrons. The molecular weight excluding hydrogens is 570 g/mol. The topological polar surface area (TPSA) is 153 Å². The fraction of sp³-hybridized carbons (Fsp3) is 0.875. The lowest BCUT2D eigenvalue weighted by Crippen LogP contribution is -2.31. The molecule has 0 fully saturated rings. The van der Waals surface area contributed by atoms with Crippen molar-refractivity contribution in [3.05, 3.63) is 0 Å². The van der Waals surface area contributed by atoms with Crippen molar-refractivity contribution in [3.8, 4) is 0 Å². The van der Waals surface area contributed by atoms with Gasteiger partial charge >= 0.3 is 24.1 Å². The predicted octanol–water partition coefficient (Wildman–Crippen LogP) is 5.10. The molecule has 0 aliphatic heterocycles. The van der Waals surface area contributed by atoms with Gasteiger partial charge in [0.15, 0.2) is 0 Å². The number of nitrogens with zero attached hydrogens (tertiary/aromatic N) is 1. The van der Waals surface area contributed by atoms with Gasteiger partial charge in [0.2, 0.25) is 0 Å². The third-order valence-electron chi connectivity index (χ3n) is 7.03. The summed E-state index contributed by atoms with van der Waals surface area (Å²) in [6, 6.07) is 0. The lowest BCUT2D eigenvalue weighted by molar-refractivity contribution is -0.144. The largest absolute Gasteiger partial charge is 0.466 e. The average molecular weight is 632 g/mol. The molecule has 12 heteroatoms. The quantitative estimate of drug-likeness (QED) is 0.0604. The molecule has 0 saturated carbocycles. The van der Waals surface area contributed by atoms with E-state index < -0.39 is 12.2 Å². The summed E-state index contributed by atoms with van der Waals surface area (Å²) in [4.78, 5) is 50.2. The van der Waals surface area contributed by atoms with Crippen LogP contribution in [0.1, 0.15) is 118 Å². The molecule has 0 bridgehead atoms. The van der Waals surface area contributed by atoms with Gasteiger partial charge in [0.05, 0.1) is 26.1 Å². The van der Waals surface area contributed by atoms with Crippen LogP contribution in [0.2, 0.25) is 0 Å². The van der Waals surface area contributed by atoms with Crippen molar-refractivity contribution in [2.24, 2.45) is 0 Å². The van der Waals surface area contributed by atoms with Gasteiger partial charge in [-0.15, -0.1) is 0 Å². The van der Waals surface area contributed by atoms with Crippen molar-refractivity contribution in [1.82, 2.24) is 15.5 Å². The fourth-order valence-corrected chi connectivity index (χ4v) is 4.36. The smallest absolute Gasteiger partial charge is 0.407 e. The summed E-state index contributed by atoms with van der Waals surface area (Å²) in [5, 5.41) is 14.6. The molecule has 2 amide bonds. The predicted molar refractivity (Wildman–Crippen MR) is 169 cm³/mol. The SMILES string of the molecule is CCCC(CC)OC(=O)NCCCCOC(=O)CCN(CCCCO)CCC(=O)OCCCCNC(=O)OC(CC)CCC. The number of hydrogen-bond donors (Lipinski definition) is 3. The number of carbonyl (C=O) groups excluding carboxylic acids is 4. The summed E-state index contributed by atoms with van der Waals surface area (Å²) >= 11 is 0. The van der Waals surface area contributed by atoms with Crippen LogP contribution in [0.15, 0.2) is 0 Å². The maximum Gasteiger partial charge on any atom is 0.407 e. The first-order valence-electron chi connectivity index (χ1n) is 16.8. The van der Waals surface area contributed by atoms with E-state index in [0.29, 0.717) is 64.8 Å². The summed E-state index contributed by atoms with van der Waals surface area (Å²) < 4.78 is 21.4. The molecule has 0 heterocycles. The first-order valence-corrected chi connectivity index (χ1v) is 16.8. The molecule has 12 nitrogen and oxygen atoms in total. The van der Waals surface area contributed by atoms with Crippen LogP contribution in [0.25, 0.3) is 0 Å². The van der Waals surface area contributed by atoms with Crippen molar-refractivity contribution in [2.45, 2.75) is 130 Å². The highest BCUT2D eigenvalue weighted by atomic mass is 16.6. The second-order valence-electron chi connectivity index (χ2n) is 10.9. The number of rotatable bonds is 28. The Morgan fingerprint density at radius 1 is 0.636 bits per heavy atom. The molecule has 0 aromatic carbocycles. The van der Waals surface area contributed by atoms with Gasteiger partial charge in [0.1, 0.15) is 12.2 Å². The zero-order valence-corrected chi connectivity index (χ0v) is 27.9. The first kappa shape index (κ1) is 41.4. The van der Waals surface area contributed by atoms with Crippen molar-refractivity contribution in [2.75, 3.05) is 52.5 Å². The Balaban J connectivity index is 4.12. The third kappa shape index (κ3) is 24.8. The van der Waals surface area contributed by atoms with E-state index in [0.717, 1.165) is 44.9 Å². The molecule has 3 N–H and O–H groups in total. The van der Waals surface area contributed by atoms with Gasteiger partial charge in [-0.1, -0.05) is 40.5 Å². The highest BCUT2D eigenvalue weighted by molar-refractivity contribution is 5.70. The van der Waals surface area contributed by atoms with Crippen molar-refractivity contribution in [1.29, 1.82) is 0 Å². The Kier molecular flexibility index (Phi) is 27.4. The molecule has 0 aliphatic rings. The zero-order valence-electron chi connectivity index (χ0n) is 27.9. The van der Waals surface area contributed by atoms with E-state index in [2.05, 4.69) is 24.5 Å². The van der Waals surface area contributed by atoms with Crippen LogP contribution in [-0.2, 0) is 28.5 Å². The minimum atomic E-state index is -0.411. The Hall–Kier alpha value is -2.60. The summed E-state index contributed by atoms with van der Waals surface area (Å²) in [7, 11) is 0. The number of aliphatic hydroxyl groups excluding tert-OH is 1. The minimum Gasteiger partial charge on any atom is -0.466 e. The minimum absolute atomic E-state index is 0.0589. The molecule has 0 saturated heterocycles. The average Bonchev–Trinajstić information content (AvgIpc) is 3.01. The summed E-state index contributed by atoms with van der Waals surface area (Å²) in [6.45, 7) is 11.2. The van der Waals surface area contributed by atoms with E-state index >= 15 is 0 Å². The Morgan fingerprint density at radius 3 is 1.48 bits per heavy atom. The number of esters is 2. The fourth-order valence-electron chi connectivity index (χ4n) is 4.36. The van der Waals surface area contributed by atoms with Gasteiger partial charge in [0.25, 0.3) is 0 Å². The van der Waals surface area contributed by atoms with Crippen LogP contribution < -0.4 is 10.6 Å². The second kappa shape index (κ2) is 29.1. The monoisotopic (exact) mass is 631 g/mol. The highest BCUT2D eigenvalue weighted by Crippen LogP contribution is 2.08. The standard InChI is InChI=1S/C32H61N3O9/c1-5-15-27(7-3)43-31(39)33-19-9-13-25-41-29(37)17-22-35(21-11-12-24-36)23-18-30(38)42-26-14-10-20-34-32(40)44-28(8-4)16-6-2/h27-28,36H,5-26H2,1-4H3,(H,33,39)(H,34,40). The van der Waals surface area contributed by atoms with Crippen LogP contribution in [-0.4, -0.2) is 98.9 Å². The highest BCUT2D eigenvalue weighted by Gasteiger charge is 2.14. The van der Waals surface area contributed by atoms with Crippen LogP contribution in [0.3, 0.4) is 0 Å². The van der Waals surface area contributed by atoms with Crippen molar-refractivity contribution in [3.63, 3.8) is 0 Å². The summed E-state index contributed by atoms with van der Waals surface area (Å²) in [5.74, 6) is -0.629. The number of nitrogens with one attached hydrogen (secondary N) is 2. The van der Waals surface area contributed by atoms with Gasteiger partial charge in [-0.3, -0.25) is 9.59 Å². The number of ether oxygens (including phenoxy) is 4. The number of hydrogen-bond acceptors (Lipinski definition) is 10. The van der Waals surface area contributed by atoms with Gasteiger partial charge in [-0.25, -0.2) is 9.59 Å². The van der Waals surface area contributed by atoms with E-state index in [1.54, 1.807) is 0 Å². The van der Waals surface area contributed by atoms with Gasteiger partial charge < -0.3 is 39.6 Å². The maximum atomic E-state index is 12.2. The number of unbranched alkanes of at least 4 members (excludes halogenated alkanes) is 3. The molecule has 0 radical (unpaired) electrons. The van der Waals surface area contributed by atoms with E-state index in [4.69, 9.17) is 24.1 Å². The van der Waals surface area contributed by atoms with E-state index in [-0.39, 0.29) is 56.8 Å². The maximum absolute atomic E-state index is 12.2. The molecule has 0 aliphatic carbocycles. The van der Waals surface area contributed by atoms with Gasteiger partial charge in [-0.2, -0.15) is 0 Å². The van der Waals surface area contributed by atoms with Crippen LogP contribution in [0, 0.1) is 0 Å². The van der Waals surface area contributed by atoms with Crippen LogP contribution >= 0.6 is 0 Å². The molecule has 44 heavy (non-hydrogen) atoms. The first-order chi connectivity index (χ1) is 21.3. The van der Waals surface area contributed by atoms with Crippen molar-refractivity contribution < 1.29 is 43.2 Å². The number of aliphatic hydroxyl groups is 1. The van der Waals surface area contributed by atoms with E-state index in [9.17, 15) is 19.2 Å². The van der Waals surface area contributed by atoms with Gasteiger partial charge in [-0.05, 0) is 70.8 Å². The Bertz CT molecular complexity index is 698. The van der Waals surface area contributed by atoms with Crippen LogP contribution in [0.5, 0.6) is 0 Å². The van der Waals surface area contributed by atoms with Gasteiger partial charge in [0, 0.05) is 32.8 Å². The molecule has 0 aromatic heterocycles. The third-order valence-corrected chi connectivity index (χ3v) is 7.03. The Morgan fingerprint density at radius 2 is 1.09 bits per heavy atom. The molecule has 2 atom stereocenters. The zero-order chi connectivity index (χ0) is 32.8. The van der Waals surface area contributed by atoms with Crippen molar-refractivity contribution >= 4 is 24.1 Å². The second-order valence-corrected chi connectivity index (χ2v) is 10.9. The molecule has 2 unspecified atom stereocenters. The lowest BCUT2D eigenvalue weighted by Gasteiger charge is -2.21. The molecule has 0 rings (SSSR count). The normalized spacial score (nSPS) is 12.3. The summed E-state index contributed by atoms with van der Waals surface area (Å²) in [5.41, 5.74) is 0. The number of carbonyl (C=O) groups is 4. The van der Waals surface area contributed by atoms with Crippen LogP contribution in [0.4, 0.5) is 9.59 Å². The van der Waals surface area contributed by atoms with E-state index in [1.807, 2.05) is 18.7 Å².